The van der Waals surface area contributed by atoms with Gasteiger partial charge in [-0.15, -0.1) is 5.10 Å². The number of amides is 2. The molecular weight excluding hydrogens is 426 g/mol. The van der Waals surface area contributed by atoms with Crippen LogP contribution in [-0.4, -0.2) is 54.5 Å². The maximum atomic E-state index is 12.8. The molecule has 1 aliphatic rings. The van der Waals surface area contributed by atoms with Crippen molar-refractivity contribution in [3.8, 4) is 17.2 Å². The lowest BCUT2D eigenvalue weighted by atomic mass is 10.1. The highest BCUT2D eigenvalue weighted by atomic mass is 16.5. The Balaban J connectivity index is 1.44. The number of nitrogens with one attached hydrogen (secondary N) is 1. The Morgan fingerprint density at radius 2 is 1.79 bits per heavy atom. The molecular formula is C23H25N5O5. The van der Waals surface area contributed by atoms with Gasteiger partial charge in [-0.25, -0.2) is 9.67 Å². The largest absolute Gasteiger partial charge is 0.493 e. The van der Waals surface area contributed by atoms with Crippen LogP contribution < -0.4 is 24.4 Å². The first-order chi connectivity index (χ1) is 16.0. The Kier molecular flexibility index (Phi) is 6.43. The van der Waals surface area contributed by atoms with Gasteiger partial charge < -0.3 is 19.1 Å². The van der Waals surface area contributed by atoms with E-state index in [4.69, 9.17) is 14.2 Å². The predicted molar refractivity (Wildman–Crippen MR) is 121 cm³/mol. The van der Waals surface area contributed by atoms with Gasteiger partial charge in [0.25, 0.3) is 0 Å². The van der Waals surface area contributed by atoms with Crippen LogP contribution in [0.5, 0.6) is 17.2 Å². The highest BCUT2D eigenvalue weighted by Crippen LogP contribution is 2.42. The van der Waals surface area contributed by atoms with Crippen molar-refractivity contribution < 1.29 is 23.8 Å². The summed E-state index contributed by atoms with van der Waals surface area (Å²) in [6.45, 7) is 0.758. The van der Waals surface area contributed by atoms with E-state index in [9.17, 15) is 9.59 Å². The molecule has 172 valence electrons. The molecule has 0 aliphatic carbocycles. The minimum absolute atomic E-state index is 0.0766. The zero-order valence-electron chi connectivity index (χ0n) is 18.6. The summed E-state index contributed by atoms with van der Waals surface area (Å²) < 4.78 is 17.7. The lowest BCUT2D eigenvalue weighted by Crippen LogP contribution is -2.28. The van der Waals surface area contributed by atoms with Crippen molar-refractivity contribution in [1.82, 2.24) is 14.8 Å². The molecule has 4 rings (SSSR count). The van der Waals surface area contributed by atoms with Crippen molar-refractivity contribution in [2.75, 3.05) is 38.1 Å². The van der Waals surface area contributed by atoms with Crippen LogP contribution in [0.25, 0.3) is 0 Å². The maximum Gasteiger partial charge on any atom is 0.248 e. The first kappa shape index (κ1) is 22.1. The number of rotatable bonds is 8. The summed E-state index contributed by atoms with van der Waals surface area (Å²) in [4.78, 5) is 31.2. The van der Waals surface area contributed by atoms with Gasteiger partial charge in [-0.3, -0.25) is 14.9 Å². The van der Waals surface area contributed by atoms with E-state index >= 15 is 0 Å². The molecule has 1 N–H and O–H groups in total. The van der Waals surface area contributed by atoms with Gasteiger partial charge in [-0.1, -0.05) is 30.3 Å². The summed E-state index contributed by atoms with van der Waals surface area (Å²) in [6.07, 6.45) is 1.64. The summed E-state index contributed by atoms with van der Waals surface area (Å²) in [5, 5.41) is 7.02. The van der Waals surface area contributed by atoms with E-state index < -0.39 is 5.92 Å². The third kappa shape index (κ3) is 4.74. The van der Waals surface area contributed by atoms with Gasteiger partial charge in [0.15, 0.2) is 11.5 Å². The fourth-order valence-electron chi connectivity index (χ4n) is 3.77. The fourth-order valence-corrected chi connectivity index (χ4v) is 3.77. The third-order valence-corrected chi connectivity index (χ3v) is 5.42. The predicted octanol–water partition coefficient (Wildman–Crippen LogP) is 2.34. The van der Waals surface area contributed by atoms with Crippen LogP contribution in [0.15, 0.2) is 48.8 Å². The molecule has 1 unspecified atom stereocenters. The number of ether oxygens (including phenoxy) is 3. The second-order valence-electron chi connectivity index (χ2n) is 7.53. The Bertz CT molecular complexity index is 1120. The lowest BCUT2D eigenvalue weighted by molar-refractivity contribution is -0.122. The molecule has 1 atom stereocenters. The molecule has 1 fully saturated rings. The molecule has 2 heterocycles. The molecule has 2 aromatic carbocycles. The molecule has 1 aromatic heterocycles. The van der Waals surface area contributed by atoms with Crippen LogP contribution in [0.2, 0.25) is 0 Å². The molecule has 0 bridgehead atoms. The highest BCUT2D eigenvalue weighted by Gasteiger charge is 2.36. The second-order valence-corrected chi connectivity index (χ2v) is 7.53. The smallest absolute Gasteiger partial charge is 0.248 e. The molecule has 0 radical (unpaired) electrons. The molecule has 10 nitrogen and oxygen atoms in total. The Hall–Kier alpha value is -4.08. The molecule has 3 aromatic rings. The molecule has 1 saturated heterocycles. The van der Waals surface area contributed by atoms with Gasteiger partial charge in [-0.2, -0.15) is 0 Å². The van der Waals surface area contributed by atoms with Crippen molar-refractivity contribution in [3.05, 3.63) is 54.4 Å². The second kappa shape index (κ2) is 9.60. The number of anilines is 2. The standard InChI is InChI=1S/C23H25N5O5/c1-31-18-10-17(11-19(32-2)21(18)33-3)28-13-16(9-20(28)29)22(30)25-23-24-14-27(26-23)12-15-7-5-4-6-8-15/h4-8,10-11,14,16H,9,12-13H2,1-3H3,(H,25,26,30). The van der Waals surface area contributed by atoms with E-state index in [2.05, 4.69) is 15.4 Å². The van der Waals surface area contributed by atoms with E-state index in [-0.39, 0.29) is 30.7 Å². The zero-order valence-corrected chi connectivity index (χ0v) is 18.6. The Labute approximate surface area is 191 Å². The molecule has 33 heavy (non-hydrogen) atoms. The number of carbonyl (C=O) groups is 2. The monoisotopic (exact) mass is 451 g/mol. The first-order valence-corrected chi connectivity index (χ1v) is 10.4. The van der Waals surface area contributed by atoms with Gasteiger partial charge in [0, 0.05) is 25.1 Å². The number of carbonyl (C=O) groups excluding carboxylic acids is 2. The van der Waals surface area contributed by atoms with Crippen LogP contribution in [0.3, 0.4) is 0 Å². The average molecular weight is 451 g/mol. The zero-order chi connectivity index (χ0) is 23.4. The number of nitrogens with zero attached hydrogens (tertiary/aromatic N) is 4. The van der Waals surface area contributed by atoms with Crippen LogP contribution in [0, 0.1) is 5.92 Å². The SMILES string of the molecule is COc1cc(N2CC(C(=O)Nc3ncn(Cc4ccccc4)n3)CC2=O)cc(OC)c1OC. The average Bonchev–Trinajstić information content (AvgIpc) is 3.44. The van der Waals surface area contributed by atoms with Crippen molar-refractivity contribution in [3.63, 3.8) is 0 Å². The van der Waals surface area contributed by atoms with Crippen LogP contribution >= 0.6 is 0 Å². The normalized spacial score (nSPS) is 15.4. The number of benzene rings is 2. The van der Waals surface area contributed by atoms with Crippen molar-refractivity contribution in [1.29, 1.82) is 0 Å². The van der Waals surface area contributed by atoms with Gasteiger partial charge in [0.1, 0.15) is 6.33 Å². The molecule has 10 heteroatoms. The molecule has 2 amide bonds. The van der Waals surface area contributed by atoms with Gasteiger partial charge in [0.05, 0.1) is 39.5 Å². The first-order valence-electron chi connectivity index (χ1n) is 10.4. The van der Waals surface area contributed by atoms with E-state index in [1.807, 2.05) is 30.3 Å². The number of methoxy groups -OCH3 is 3. The van der Waals surface area contributed by atoms with Crippen molar-refractivity contribution in [2.24, 2.45) is 5.92 Å². The topological polar surface area (TPSA) is 108 Å². The minimum Gasteiger partial charge on any atom is -0.493 e. The molecule has 0 saturated carbocycles. The number of aromatic nitrogens is 3. The van der Waals surface area contributed by atoms with E-state index in [1.165, 1.54) is 26.2 Å². The van der Waals surface area contributed by atoms with Gasteiger partial charge in [0.2, 0.25) is 23.5 Å². The van der Waals surface area contributed by atoms with Crippen molar-refractivity contribution in [2.45, 2.75) is 13.0 Å². The summed E-state index contributed by atoms with van der Waals surface area (Å²) in [5.41, 5.74) is 1.64. The molecule has 0 spiro atoms. The van der Waals surface area contributed by atoms with E-state index in [0.29, 0.717) is 29.5 Å². The van der Waals surface area contributed by atoms with Crippen molar-refractivity contribution >= 4 is 23.5 Å². The number of hydrogen-bond acceptors (Lipinski definition) is 7. The molecule has 1 aliphatic heterocycles. The minimum atomic E-state index is -0.544. The summed E-state index contributed by atoms with van der Waals surface area (Å²) in [7, 11) is 4.52. The van der Waals surface area contributed by atoms with E-state index in [0.717, 1.165) is 5.56 Å². The lowest BCUT2D eigenvalue weighted by Gasteiger charge is -2.20. The summed E-state index contributed by atoms with van der Waals surface area (Å²) in [6, 6.07) is 13.2. The Morgan fingerprint density at radius 3 is 2.42 bits per heavy atom. The third-order valence-electron chi connectivity index (χ3n) is 5.42. The highest BCUT2D eigenvalue weighted by molar-refractivity contribution is 6.03. The number of hydrogen-bond donors (Lipinski definition) is 1. The Morgan fingerprint density at radius 1 is 1.09 bits per heavy atom. The fraction of sp³-hybridized carbons (Fsp3) is 0.304. The van der Waals surface area contributed by atoms with Gasteiger partial charge >= 0.3 is 0 Å². The van der Waals surface area contributed by atoms with Crippen LogP contribution in [0.4, 0.5) is 11.6 Å². The maximum absolute atomic E-state index is 12.8. The summed E-state index contributed by atoms with van der Waals surface area (Å²) in [5.74, 6) is 0.471. The van der Waals surface area contributed by atoms with E-state index in [1.54, 1.807) is 23.1 Å². The van der Waals surface area contributed by atoms with Gasteiger partial charge in [-0.05, 0) is 5.56 Å². The quantitative estimate of drug-likeness (QED) is 0.560. The summed E-state index contributed by atoms with van der Waals surface area (Å²) >= 11 is 0. The van der Waals surface area contributed by atoms with Crippen LogP contribution in [0.1, 0.15) is 12.0 Å². The van der Waals surface area contributed by atoms with Crippen LogP contribution in [-0.2, 0) is 16.1 Å².